The highest BCUT2D eigenvalue weighted by atomic mass is 35.5. The van der Waals surface area contributed by atoms with E-state index in [4.69, 9.17) is 26.1 Å². The summed E-state index contributed by atoms with van der Waals surface area (Å²) in [6, 6.07) is 7.56. The van der Waals surface area contributed by atoms with Crippen LogP contribution in [0.2, 0.25) is 5.02 Å². The van der Waals surface area contributed by atoms with E-state index in [9.17, 15) is 8.76 Å². The molecular formula is C22H25ClN4O3S. The van der Waals surface area contributed by atoms with Crippen molar-refractivity contribution < 1.29 is 13.3 Å². The number of hydrogen-bond donors (Lipinski definition) is 0. The SMILES string of the molecule is Cc1noc(C)c1[S+](=O)([O-])N1CCc2nc(C(C)C)nc(-c3ccc(Cl)cc3)c2CC1. The first-order valence-electron chi connectivity index (χ1n) is 10.3. The molecule has 2 aromatic heterocycles. The van der Waals surface area contributed by atoms with Gasteiger partial charge in [0.05, 0.1) is 5.69 Å². The molecule has 0 bridgehead atoms. The van der Waals surface area contributed by atoms with Crippen LogP contribution in [-0.2, 0) is 27.5 Å². The van der Waals surface area contributed by atoms with E-state index in [-0.39, 0.29) is 10.8 Å². The van der Waals surface area contributed by atoms with Gasteiger partial charge in [0.2, 0.25) is 4.90 Å². The molecule has 7 nitrogen and oxygen atoms in total. The van der Waals surface area contributed by atoms with Gasteiger partial charge < -0.3 is 9.08 Å². The molecule has 0 amide bonds. The zero-order valence-corrected chi connectivity index (χ0v) is 19.6. The molecule has 164 valence electrons. The summed E-state index contributed by atoms with van der Waals surface area (Å²) >= 11 is 6.08. The van der Waals surface area contributed by atoms with Crippen LogP contribution in [0.1, 0.15) is 48.3 Å². The Hall–Kier alpha value is -2.13. The Labute approximate surface area is 188 Å². The van der Waals surface area contributed by atoms with Gasteiger partial charge in [0.25, 0.3) is 0 Å². The molecule has 1 atom stereocenters. The number of sulfonamides is 1. The monoisotopic (exact) mass is 460 g/mol. The second-order valence-electron chi connectivity index (χ2n) is 8.07. The van der Waals surface area contributed by atoms with E-state index < -0.39 is 10.4 Å². The van der Waals surface area contributed by atoms with Crippen molar-refractivity contribution in [2.24, 2.45) is 0 Å². The zero-order chi connectivity index (χ0) is 22.3. The Morgan fingerprint density at radius 2 is 1.81 bits per heavy atom. The number of rotatable bonds is 4. The summed E-state index contributed by atoms with van der Waals surface area (Å²) < 4.78 is 33.3. The van der Waals surface area contributed by atoms with Gasteiger partial charge in [-0.05, 0) is 25.5 Å². The van der Waals surface area contributed by atoms with Crippen LogP contribution in [0, 0.1) is 13.8 Å². The Morgan fingerprint density at radius 3 is 2.42 bits per heavy atom. The molecule has 31 heavy (non-hydrogen) atoms. The molecule has 4 rings (SSSR count). The second kappa shape index (κ2) is 8.43. The molecule has 3 heterocycles. The molecule has 0 saturated carbocycles. The summed E-state index contributed by atoms with van der Waals surface area (Å²) in [6.45, 7) is 8.06. The van der Waals surface area contributed by atoms with Crippen molar-refractivity contribution in [3.8, 4) is 11.3 Å². The molecule has 1 aliphatic heterocycles. The van der Waals surface area contributed by atoms with Crippen LogP contribution in [0.15, 0.2) is 33.7 Å². The van der Waals surface area contributed by atoms with Crippen molar-refractivity contribution in [1.29, 1.82) is 0 Å². The van der Waals surface area contributed by atoms with Gasteiger partial charge in [-0.3, -0.25) is 0 Å². The van der Waals surface area contributed by atoms with Crippen LogP contribution in [0.3, 0.4) is 0 Å². The fourth-order valence-electron chi connectivity index (χ4n) is 3.91. The van der Waals surface area contributed by atoms with E-state index in [1.807, 2.05) is 24.3 Å². The first-order chi connectivity index (χ1) is 14.7. The van der Waals surface area contributed by atoms with Gasteiger partial charge in [0, 0.05) is 54.2 Å². The van der Waals surface area contributed by atoms with E-state index in [0.29, 0.717) is 42.4 Å². The van der Waals surface area contributed by atoms with Crippen molar-refractivity contribution in [1.82, 2.24) is 19.4 Å². The van der Waals surface area contributed by atoms with Gasteiger partial charge in [0.1, 0.15) is 11.5 Å². The van der Waals surface area contributed by atoms with Crippen molar-refractivity contribution in [3.05, 3.63) is 57.8 Å². The van der Waals surface area contributed by atoms with Crippen LogP contribution in [0.25, 0.3) is 11.3 Å². The molecule has 0 fully saturated rings. The molecule has 0 saturated heterocycles. The van der Waals surface area contributed by atoms with Crippen LogP contribution in [-0.4, -0.2) is 37.1 Å². The fourth-order valence-corrected chi connectivity index (χ4v) is 5.77. The minimum atomic E-state index is -3.72. The Kier molecular flexibility index (Phi) is 6.00. The normalized spacial score (nSPS) is 16.7. The first kappa shape index (κ1) is 22.1. The summed E-state index contributed by atoms with van der Waals surface area (Å²) in [5.41, 5.74) is 4.07. The van der Waals surface area contributed by atoms with Crippen LogP contribution in [0.5, 0.6) is 0 Å². The van der Waals surface area contributed by atoms with Crippen molar-refractivity contribution in [3.63, 3.8) is 0 Å². The number of fused-ring (bicyclic) bond motifs is 1. The third kappa shape index (κ3) is 4.17. The topological polar surface area (TPSA) is 95.2 Å². The standard InChI is InChI=1S/C22H25ClN4O3S/c1-13(2)22-24-19-10-12-27(31(28,29)21-14(3)26-30-15(21)4)11-9-18(19)20(25-22)16-5-7-17(23)8-6-16/h5-8,13H,9-12H2,1-4H3. The van der Waals surface area contributed by atoms with E-state index in [1.54, 1.807) is 13.8 Å². The van der Waals surface area contributed by atoms with Crippen LogP contribution >= 0.6 is 11.6 Å². The smallest absolute Gasteiger partial charge is 0.240 e. The largest absolute Gasteiger partial charge is 0.593 e. The second-order valence-corrected chi connectivity index (χ2v) is 10.4. The lowest BCUT2D eigenvalue weighted by atomic mass is 10.00. The maximum atomic E-state index is 13.3. The fraction of sp³-hybridized carbons (Fsp3) is 0.409. The third-order valence-electron chi connectivity index (χ3n) is 5.52. The molecule has 1 aromatic carbocycles. The summed E-state index contributed by atoms with van der Waals surface area (Å²) in [6.07, 6.45) is 1.04. The number of benzene rings is 1. The number of nitrogens with zero attached hydrogens (tertiary/aromatic N) is 4. The maximum absolute atomic E-state index is 13.3. The number of halogens is 1. The molecule has 9 heteroatoms. The summed E-state index contributed by atoms with van der Waals surface area (Å²) in [4.78, 5) is 9.80. The molecular weight excluding hydrogens is 436 g/mol. The lowest BCUT2D eigenvalue weighted by molar-refractivity contribution is 0.358. The highest BCUT2D eigenvalue weighted by Gasteiger charge is 2.38. The van der Waals surface area contributed by atoms with Gasteiger partial charge in [-0.25, -0.2) is 9.97 Å². The number of aromatic nitrogens is 3. The predicted octanol–water partition coefficient (Wildman–Crippen LogP) is 4.53. The summed E-state index contributed by atoms with van der Waals surface area (Å²) in [7, 11) is -3.72. The van der Waals surface area contributed by atoms with E-state index in [0.717, 1.165) is 28.3 Å². The van der Waals surface area contributed by atoms with E-state index >= 15 is 0 Å². The minimum absolute atomic E-state index is 0.154. The van der Waals surface area contributed by atoms with Crippen molar-refractivity contribution in [2.75, 3.05) is 13.1 Å². The predicted molar refractivity (Wildman–Crippen MR) is 119 cm³/mol. The van der Waals surface area contributed by atoms with Crippen molar-refractivity contribution >= 4 is 22.0 Å². The molecule has 0 aliphatic carbocycles. The van der Waals surface area contributed by atoms with Crippen molar-refractivity contribution in [2.45, 2.75) is 51.3 Å². The Bertz CT molecular complexity index is 1140. The average molecular weight is 461 g/mol. The van der Waals surface area contributed by atoms with Crippen LogP contribution < -0.4 is 0 Å². The zero-order valence-electron chi connectivity index (χ0n) is 18.0. The molecule has 3 aromatic rings. The number of hydrogen-bond acceptors (Lipinski definition) is 6. The molecule has 0 radical (unpaired) electrons. The minimum Gasteiger partial charge on any atom is -0.593 e. The highest BCUT2D eigenvalue weighted by Crippen LogP contribution is 2.33. The third-order valence-corrected chi connectivity index (χ3v) is 7.91. The molecule has 0 N–H and O–H groups in total. The average Bonchev–Trinajstić information content (AvgIpc) is 2.93. The lowest BCUT2D eigenvalue weighted by Gasteiger charge is -2.25. The number of aryl methyl sites for hydroxylation is 2. The quantitative estimate of drug-likeness (QED) is 0.531. The molecule has 0 spiro atoms. The van der Waals surface area contributed by atoms with E-state index in [2.05, 4.69) is 19.0 Å². The van der Waals surface area contributed by atoms with Gasteiger partial charge in [-0.2, -0.15) is 0 Å². The van der Waals surface area contributed by atoms with Gasteiger partial charge in [-0.1, -0.05) is 46.9 Å². The molecule has 1 aliphatic rings. The molecule has 1 unspecified atom stereocenters. The van der Waals surface area contributed by atoms with Crippen LogP contribution in [0.4, 0.5) is 0 Å². The lowest BCUT2D eigenvalue weighted by Crippen LogP contribution is -2.38. The summed E-state index contributed by atoms with van der Waals surface area (Å²) in [5.74, 6) is 1.22. The Balaban J connectivity index is 1.74. The highest BCUT2D eigenvalue weighted by molar-refractivity contribution is 7.95. The van der Waals surface area contributed by atoms with E-state index in [1.165, 1.54) is 4.31 Å². The first-order valence-corrected chi connectivity index (χ1v) is 12.1. The van der Waals surface area contributed by atoms with Gasteiger partial charge in [0.15, 0.2) is 16.2 Å². The maximum Gasteiger partial charge on any atom is 0.240 e. The summed E-state index contributed by atoms with van der Waals surface area (Å²) in [5, 5.41) is 4.48. The van der Waals surface area contributed by atoms with Gasteiger partial charge >= 0.3 is 0 Å². The van der Waals surface area contributed by atoms with Gasteiger partial charge in [-0.15, -0.1) is 4.31 Å². The Morgan fingerprint density at radius 1 is 1.13 bits per heavy atom.